The fourth-order valence-corrected chi connectivity index (χ4v) is 1.93. The average molecular weight is 233 g/mol. The van der Waals surface area contributed by atoms with Crippen LogP contribution in [0.4, 0.5) is 10.1 Å². The first kappa shape index (κ1) is 11.6. The molecule has 2 rings (SSSR count). The SMILES string of the molecule is Cc1cc(F)cc(NC(C)c2nccn2C)c1. The van der Waals surface area contributed by atoms with Crippen LogP contribution >= 0.6 is 0 Å². The molecule has 1 aromatic heterocycles. The highest BCUT2D eigenvalue weighted by Crippen LogP contribution is 2.19. The van der Waals surface area contributed by atoms with Crippen molar-refractivity contribution in [3.8, 4) is 0 Å². The summed E-state index contributed by atoms with van der Waals surface area (Å²) in [7, 11) is 1.94. The summed E-state index contributed by atoms with van der Waals surface area (Å²) in [5, 5.41) is 3.24. The highest BCUT2D eigenvalue weighted by Gasteiger charge is 2.10. The molecule has 1 aromatic carbocycles. The Morgan fingerprint density at radius 2 is 2.12 bits per heavy atom. The molecule has 0 aliphatic heterocycles. The summed E-state index contributed by atoms with van der Waals surface area (Å²) in [4.78, 5) is 4.26. The largest absolute Gasteiger partial charge is 0.375 e. The smallest absolute Gasteiger partial charge is 0.130 e. The second-order valence-electron chi connectivity index (χ2n) is 4.28. The van der Waals surface area contributed by atoms with Gasteiger partial charge in [-0.15, -0.1) is 0 Å². The van der Waals surface area contributed by atoms with Gasteiger partial charge < -0.3 is 9.88 Å². The molecule has 4 heteroatoms. The van der Waals surface area contributed by atoms with Crippen LogP contribution < -0.4 is 5.32 Å². The molecule has 0 amide bonds. The molecular weight excluding hydrogens is 217 g/mol. The van der Waals surface area contributed by atoms with Gasteiger partial charge >= 0.3 is 0 Å². The van der Waals surface area contributed by atoms with Crippen molar-refractivity contribution in [1.82, 2.24) is 9.55 Å². The number of nitrogens with zero attached hydrogens (tertiary/aromatic N) is 2. The monoisotopic (exact) mass is 233 g/mol. The molecule has 0 radical (unpaired) electrons. The van der Waals surface area contributed by atoms with E-state index in [9.17, 15) is 4.39 Å². The Hall–Kier alpha value is -1.84. The maximum absolute atomic E-state index is 13.2. The predicted molar refractivity (Wildman–Crippen MR) is 66.4 cm³/mol. The summed E-state index contributed by atoms with van der Waals surface area (Å²) < 4.78 is 15.2. The van der Waals surface area contributed by atoms with Crippen LogP contribution in [0.15, 0.2) is 30.6 Å². The van der Waals surface area contributed by atoms with Crippen molar-refractivity contribution in [1.29, 1.82) is 0 Å². The van der Waals surface area contributed by atoms with E-state index >= 15 is 0 Å². The van der Waals surface area contributed by atoms with Gasteiger partial charge in [0.25, 0.3) is 0 Å². The number of hydrogen-bond donors (Lipinski definition) is 1. The summed E-state index contributed by atoms with van der Waals surface area (Å²) in [6, 6.07) is 4.96. The minimum absolute atomic E-state index is 0.0381. The first-order valence-corrected chi connectivity index (χ1v) is 5.57. The zero-order valence-corrected chi connectivity index (χ0v) is 10.2. The van der Waals surface area contributed by atoms with Crippen molar-refractivity contribution >= 4 is 5.69 Å². The fourth-order valence-electron chi connectivity index (χ4n) is 1.93. The van der Waals surface area contributed by atoms with Gasteiger partial charge in [0.1, 0.15) is 11.6 Å². The predicted octanol–water partition coefficient (Wildman–Crippen LogP) is 3.04. The standard InChI is InChI=1S/C13H16FN3/c1-9-6-11(14)8-12(7-9)16-10(2)13-15-4-5-17(13)3/h4-8,10,16H,1-3H3. The van der Waals surface area contributed by atoms with Crippen molar-refractivity contribution in [2.45, 2.75) is 19.9 Å². The molecule has 0 saturated carbocycles. The number of aryl methyl sites for hydroxylation is 2. The van der Waals surface area contributed by atoms with E-state index in [1.807, 2.05) is 37.7 Å². The Labute approximate surface area is 100 Å². The van der Waals surface area contributed by atoms with Crippen LogP contribution in [0.1, 0.15) is 24.4 Å². The van der Waals surface area contributed by atoms with Crippen molar-refractivity contribution < 1.29 is 4.39 Å². The average Bonchev–Trinajstić information content (AvgIpc) is 2.62. The van der Waals surface area contributed by atoms with E-state index in [4.69, 9.17) is 0 Å². The quantitative estimate of drug-likeness (QED) is 0.883. The number of hydrogen-bond acceptors (Lipinski definition) is 2. The maximum atomic E-state index is 13.2. The van der Waals surface area contributed by atoms with E-state index in [2.05, 4.69) is 10.3 Å². The van der Waals surface area contributed by atoms with Crippen LogP contribution in [0.25, 0.3) is 0 Å². The molecule has 1 N–H and O–H groups in total. The van der Waals surface area contributed by atoms with Gasteiger partial charge in [-0.3, -0.25) is 0 Å². The molecule has 90 valence electrons. The zero-order chi connectivity index (χ0) is 12.4. The molecular formula is C13H16FN3. The Kier molecular flexibility index (Phi) is 3.13. The molecule has 1 heterocycles. The molecule has 0 aliphatic rings. The summed E-state index contributed by atoms with van der Waals surface area (Å²) in [6.45, 7) is 3.88. The minimum Gasteiger partial charge on any atom is -0.375 e. The van der Waals surface area contributed by atoms with E-state index in [1.165, 1.54) is 12.1 Å². The first-order chi connectivity index (χ1) is 8.06. The van der Waals surface area contributed by atoms with E-state index < -0.39 is 0 Å². The third kappa shape index (κ3) is 2.64. The number of rotatable bonds is 3. The Bertz CT molecular complexity index is 499. The second-order valence-corrected chi connectivity index (χ2v) is 4.28. The van der Waals surface area contributed by atoms with Gasteiger partial charge in [0.2, 0.25) is 0 Å². The summed E-state index contributed by atoms with van der Waals surface area (Å²) >= 11 is 0. The van der Waals surface area contributed by atoms with E-state index in [-0.39, 0.29) is 11.9 Å². The third-order valence-corrected chi connectivity index (χ3v) is 2.67. The number of nitrogens with one attached hydrogen (secondary N) is 1. The van der Waals surface area contributed by atoms with Crippen LogP contribution in [0, 0.1) is 12.7 Å². The van der Waals surface area contributed by atoms with Crippen molar-refractivity contribution in [3.05, 3.63) is 47.8 Å². The van der Waals surface area contributed by atoms with Gasteiger partial charge in [0.15, 0.2) is 0 Å². The minimum atomic E-state index is -0.223. The summed E-state index contributed by atoms with van der Waals surface area (Å²) in [5.74, 6) is 0.700. The number of aromatic nitrogens is 2. The fraction of sp³-hybridized carbons (Fsp3) is 0.308. The molecule has 17 heavy (non-hydrogen) atoms. The molecule has 3 nitrogen and oxygen atoms in total. The van der Waals surface area contributed by atoms with Crippen LogP contribution in [0.5, 0.6) is 0 Å². The van der Waals surface area contributed by atoms with Crippen LogP contribution in [0.3, 0.4) is 0 Å². The maximum Gasteiger partial charge on any atom is 0.130 e. The Balaban J connectivity index is 2.18. The Morgan fingerprint density at radius 1 is 1.35 bits per heavy atom. The highest BCUT2D eigenvalue weighted by molar-refractivity contribution is 5.47. The molecule has 0 aliphatic carbocycles. The number of imidazole rings is 1. The van der Waals surface area contributed by atoms with Crippen molar-refractivity contribution in [3.63, 3.8) is 0 Å². The zero-order valence-electron chi connectivity index (χ0n) is 10.2. The van der Waals surface area contributed by atoms with Gasteiger partial charge in [-0.05, 0) is 37.6 Å². The van der Waals surface area contributed by atoms with Crippen LogP contribution in [0.2, 0.25) is 0 Å². The molecule has 0 spiro atoms. The van der Waals surface area contributed by atoms with E-state index in [0.29, 0.717) is 0 Å². The number of halogens is 1. The molecule has 0 fully saturated rings. The lowest BCUT2D eigenvalue weighted by Gasteiger charge is -2.15. The molecule has 0 bridgehead atoms. The highest BCUT2D eigenvalue weighted by atomic mass is 19.1. The van der Waals surface area contributed by atoms with Crippen molar-refractivity contribution in [2.24, 2.45) is 7.05 Å². The molecule has 0 saturated heterocycles. The number of benzene rings is 1. The summed E-state index contributed by atoms with van der Waals surface area (Å²) in [6.07, 6.45) is 3.65. The first-order valence-electron chi connectivity index (χ1n) is 5.57. The molecule has 2 aromatic rings. The normalized spacial score (nSPS) is 12.5. The topological polar surface area (TPSA) is 29.9 Å². The molecule has 1 unspecified atom stereocenters. The number of anilines is 1. The van der Waals surface area contributed by atoms with E-state index in [0.717, 1.165) is 17.1 Å². The van der Waals surface area contributed by atoms with Gasteiger partial charge in [-0.2, -0.15) is 0 Å². The van der Waals surface area contributed by atoms with Crippen molar-refractivity contribution in [2.75, 3.05) is 5.32 Å². The van der Waals surface area contributed by atoms with Crippen LogP contribution in [-0.4, -0.2) is 9.55 Å². The lowest BCUT2D eigenvalue weighted by Crippen LogP contribution is -2.12. The van der Waals surface area contributed by atoms with Gasteiger partial charge in [-0.1, -0.05) is 0 Å². The van der Waals surface area contributed by atoms with Crippen LogP contribution in [-0.2, 0) is 7.05 Å². The lowest BCUT2D eigenvalue weighted by atomic mass is 10.2. The van der Waals surface area contributed by atoms with Gasteiger partial charge in [-0.25, -0.2) is 9.37 Å². The lowest BCUT2D eigenvalue weighted by molar-refractivity contribution is 0.626. The van der Waals surface area contributed by atoms with E-state index in [1.54, 1.807) is 6.20 Å². The summed E-state index contributed by atoms with van der Waals surface area (Å²) in [5.41, 5.74) is 1.68. The van der Waals surface area contributed by atoms with Gasteiger partial charge in [0, 0.05) is 25.1 Å². The Morgan fingerprint density at radius 3 is 2.71 bits per heavy atom. The third-order valence-electron chi connectivity index (χ3n) is 2.67. The molecule has 1 atom stereocenters. The van der Waals surface area contributed by atoms with Gasteiger partial charge in [0.05, 0.1) is 6.04 Å². The second kappa shape index (κ2) is 4.57.